The predicted octanol–water partition coefficient (Wildman–Crippen LogP) is 1.59. The molecule has 1 aromatic carbocycles. The molecule has 0 saturated carbocycles. The van der Waals surface area contributed by atoms with Gasteiger partial charge in [0.15, 0.2) is 0 Å². The number of amides is 2. The molecule has 1 atom stereocenters. The zero-order valence-corrected chi connectivity index (χ0v) is 12.4. The van der Waals surface area contributed by atoms with Gasteiger partial charge in [-0.3, -0.25) is 14.9 Å². The molecule has 0 bridgehead atoms. The van der Waals surface area contributed by atoms with Crippen molar-refractivity contribution in [2.24, 2.45) is 0 Å². The summed E-state index contributed by atoms with van der Waals surface area (Å²) in [7, 11) is 0. The second kappa shape index (κ2) is 6.47. The minimum Gasteiger partial charge on any atom is -0.326 e. The van der Waals surface area contributed by atoms with Crippen molar-refractivity contribution in [3.8, 4) is 0 Å². The Kier molecular flexibility index (Phi) is 4.91. The van der Waals surface area contributed by atoms with E-state index in [1.165, 1.54) is 0 Å². The summed E-state index contributed by atoms with van der Waals surface area (Å²) in [6.45, 7) is 0. The Bertz CT molecular complexity index is 532. The highest BCUT2D eigenvalue weighted by atomic mass is 35.5. The lowest BCUT2D eigenvalue weighted by atomic mass is 10.0. The summed E-state index contributed by atoms with van der Waals surface area (Å²) < 4.78 is 0. The van der Waals surface area contributed by atoms with E-state index in [2.05, 4.69) is 16.0 Å². The van der Waals surface area contributed by atoms with E-state index in [9.17, 15) is 9.59 Å². The van der Waals surface area contributed by atoms with Crippen molar-refractivity contribution >= 4 is 47.4 Å². The molecule has 0 aliphatic carbocycles. The van der Waals surface area contributed by atoms with Crippen molar-refractivity contribution in [1.29, 1.82) is 0 Å². The van der Waals surface area contributed by atoms with Gasteiger partial charge in [0.2, 0.25) is 11.8 Å². The van der Waals surface area contributed by atoms with Crippen LogP contribution in [-0.2, 0) is 16.0 Å². The molecule has 0 spiro atoms. The summed E-state index contributed by atoms with van der Waals surface area (Å²) in [6.07, 6.45) is 1.23. The van der Waals surface area contributed by atoms with Gasteiger partial charge in [-0.05, 0) is 30.2 Å². The van der Waals surface area contributed by atoms with E-state index >= 15 is 0 Å². The van der Waals surface area contributed by atoms with Gasteiger partial charge in [-0.15, -0.1) is 24.2 Å². The molecule has 5 nitrogen and oxygen atoms in total. The third-order valence-electron chi connectivity index (χ3n) is 3.30. The third-order valence-corrected chi connectivity index (χ3v) is 4.24. The fourth-order valence-corrected chi connectivity index (χ4v) is 3.20. The highest BCUT2D eigenvalue weighted by Gasteiger charge is 2.23. The highest BCUT2D eigenvalue weighted by molar-refractivity contribution is 7.99. The second-order valence-corrected chi connectivity index (χ2v) is 5.71. The van der Waals surface area contributed by atoms with Gasteiger partial charge in [-0.2, -0.15) is 0 Å². The summed E-state index contributed by atoms with van der Waals surface area (Å²) in [4.78, 5) is 23.2. The molecule has 7 heteroatoms. The normalized spacial score (nSPS) is 20.6. The van der Waals surface area contributed by atoms with Crippen molar-refractivity contribution in [3.05, 3.63) is 23.8 Å². The van der Waals surface area contributed by atoms with Crippen LogP contribution in [0.3, 0.4) is 0 Å². The molecule has 3 rings (SSSR count). The standard InChI is InChI=1S/C13H15N3O2S.ClH/c17-12-4-1-8-5-9(2-3-10(8)16-12)15-13(18)11-6-19-7-14-11;/h2-3,5,11,14H,1,4,6-7H2,(H,15,18)(H,16,17);1H. The van der Waals surface area contributed by atoms with Crippen LogP contribution < -0.4 is 16.0 Å². The van der Waals surface area contributed by atoms with E-state index in [4.69, 9.17) is 0 Å². The van der Waals surface area contributed by atoms with Gasteiger partial charge in [0, 0.05) is 29.4 Å². The number of rotatable bonds is 2. The van der Waals surface area contributed by atoms with Gasteiger partial charge in [-0.25, -0.2) is 0 Å². The van der Waals surface area contributed by atoms with Crippen molar-refractivity contribution in [2.75, 3.05) is 22.3 Å². The van der Waals surface area contributed by atoms with Crippen LogP contribution in [0.5, 0.6) is 0 Å². The SMILES string of the molecule is Cl.O=C1CCc2cc(NC(=O)C3CSCN3)ccc2N1. The fraction of sp³-hybridized carbons (Fsp3) is 0.385. The summed E-state index contributed by atoms with van der Waals surface area (Å²) >= 11 is 1.72. The van der Waals surface area contributed by atoms with Crippen LogP contribution in [0.2, 0.25) is 0 Å². The van der Waals surface area contributed by atoms with Gasteiger partial charge in [-0.1, -0.05) is 0 Å². The molecule has 2 amide bonds. The summed E-state index contributed by atoms with van der Waals surface area (Å²) in [6, 6.07) is 5.50. The minimum absolute atomic E-state index is 0. The molecule has 20 heavy (non-hydrogen) atoms. The van der Waals surface area contributed by atoms with Crippen molar-refractivity contribution < 1.29 is 9.59 Å². The quantitative estimate of drug-likeness (QED) is 0.775. The predicted molar refractivity (Wildman–Crippen MR) is 83.5 cm³/mol. The van der Waals surface area contributed by atoms with E-state index in [1.807, 2.05) is 18.2 Å². The maximum absolute atomic E-state index is 12.0. The van der Waals surface area contributed by atoms with Gasteiger partial charge in [0.05, 0.1) is 6.04 Å². The number of hydrogen-bond acceptors (Lipinski definition) is 4. The number of aryl methyl sites for hydroxylation is 1. The molecule has 3 N–H and O–H groups in total. The molecular formula is C13H16ClN3O2S. The van der Waals surface area contributed by atoms with Crippen molar-refractivity contribution in [2.45, 2.75) is 18.9 Å². The molecule has 0 radical (unpaired) electrons. The molecular weight excluding hydrogens is 298 g/mol. The number of carbonyl (C=O) groups excluding carboxylic acids is 2. The molecule has 1 saturated heterocycles. The highest BCUT2D eigenvalue weighted by Crippen LogP contribution is 2.25. The Morgan fingerprint density at radius 2 is 2.20 bits per heavy atom. The first-order chi connectivity index (χ1) is 9.22. The van der Waals surface area contributed by atoms with Crippen LogP contribution in [0.1, 0.15) is 12.0 Å². The van der Waals surface area contributed by atoms with Gasteiger partial charge < -0.3 is 10.6 Å². The molecule has 108 valence electrons. The smallest absolute Gasteiger partial charge is 0.242 e. The first kappa shape index (κ1) is 15.2. The monoisotopic (exact) mass is 313 g/mol. The molecule has 2 heterocycles. The van der Waals surface area contributed by atoms with Crippen LogP contribution in [0.25, 0.3) is 0 Å². The number of hydrogen-bond donors (Lipinski definition) is 3. The number of halogens is 1. The Morgan fingerprint density at radius 1 is 1.35 bits per heavy atom. The zero-order chi connectivity index (χ0) is 13.2. The van der Waals surface area contributed by atoms with Crippen LogP contribution in [0, 0.1) is 0 Å². The van der Waals surface area contributed by atoms with Crippen LogP contribution in [0.15, 0.2) is 18.2 Å². The second-order valence-electron chi connectivity index (χ2n) is 4.68. The molecule has 2 aliphatic heterocycles. The van der Waals surface area contributed by atoms with Crippen LogP contribution in [-0.4, -0.2) is 29.5 Å². The average molecular weight is 314 g/mol. The number of benzene rings is 1. The first-order valence-corrected chi connectivity index (χ1v) is 7.42. The summed E-state index contributed by atoms with van der Waals surface area (Å²) in [5.74, 6) is 1.70. The van der Waals surface area contributed by atoms with Gasteiger partial charge >= 0.3 is 0 Å². The Balaban J connectivity index is 0.00000147. The van der Waals surface area contributed by atoms with Crippen molar-refractivity contribution in [1.82, 2.24) is 5.32 Å². The van der Waals surface area contributed by atoms with E-state index < -0.39 is 0 Å². The van der Waals surface area contributed by atoms with E-state index in [-0.39, 0.29) is 30.3 Å². The number of thioether (sulfide) groups is 1. The van der Waals surface area contributed by atoms with Gasteiger partial charge in [0.1, 0.15) is 0 Å². The Labute approximate surface area is 127 Å². The van der Waals surface area contributed by atoms with E-state index in [0.29, 0.717) is 6.42 Å². The Morgan fingerprint density at radius 3 is 2.95 bits per heavy atom. The van der Waals surface area contributed by atoms with E-state index in [1.54, 1.807) is 11.8 Å². The third kappa shape index (κ3) is 3.26. The molecule has 2 aliphatic rings. The lowest BCUT2D eigenvalue weighted by molar-refractivity contribution is -0.117. The van der Waals surface area contributed by atoms with Gasteiger partial charge in [0.25, 0.3) is 0 Å². The lowest BCUT2D eigenvalue weighted by Gasteiger charge is -2.18. The summed E-state index contributed by atoms with van der Waals surface area (Å²) in [5.41, 5.74) is 2.72. The number of fused-ring (bicyclic) bond motifs is 1. The first-order valence-electron chi connectivity index (χ1n) is 6.27. The molecule has 1 aromatic rings. The summed E-state index contributed by atoms with van der Waals surface area (Å²) in [5, 5.41) is 8.88. The zero-order valence-electron chi connectivity index (χ0n) is 10.8. The lowest BCUT2D eigenvalue weighted by Crippen LogP contribution is -2.37. The number of nitrogens with one attached hydrogen (secondary N) is 3. The fourth-order valence-electron chi connectivity index (χ4n) is 2.25. The molecule has 0 aromatic heterocycles. The largest absolute Gasteiger partial charge is 0.326 e. The van der Waals surface area contributed by atoms with Crippen LogP contribution in [0.4, 0.5) is 11.4 Å². The molecule has 1 unspecified atom stereocenters. The Hall–Kier alpha value is -1.24. The maximum Gasteiger partial charge on any atom is 0.242 e. The van der Waals surface area contributed by atoms with Crippen molar-refractivity contribution in [3.63, 3.8) is 0 Å². The molecule has 1 fully saturated rings. The topological polar surface area (TPSA) is 70.2 Å². The number of carbonyl (C=O) groups is 2. The average Bonchev–Trinajstić information content (AvgIpc) is 2.93. The minimum atomic E-state index is -0.110. The van der Waals surface area contributed by atoms with E-state index in [0.717, 1.165) is 35.0 Å². The number of anilines is 2. The van der Waals surface area contributed by atoms with Crippen LogP contribution >= 0.6 is 24.2 Å². The maximum atomic E-state index is 12.0.